The molecule has 1 aliphatic carbocycles. The summed E-state index contributed by atoms with van der Waals surface area (Å²) in [4.78, 5) is 2.43. The molecule has 0 saturated heterocycles. The Hall–Kier alpha value is 0.490. The van der Waals surface area contributed by atoms with Gasteiger partial charge in [-0.3, -0.25) is 0 Å². The smallest absolute Gasteiger partial charge is 0.0701 e. The van der Waals surface area contributed by atoms with Gasteiger partial charge < -0.3 is 4.90 Å². The molecule has 0 unspecified atom stereocenters. The van der Waals surface area contributed by atoms with Gasteiger partial charge in [0.15, 0.2) is 0 Å². The van der Waals surface area contributed by atoms with Gasteiger partial charge in [-0.1, -0.05) is 6.42 Å². The molecular formula is C12H18BrNS2. The molecule has 1 aromatic rings. The molecule has 1 heterocycles. The average molecular weight is 320 g/mol. The van der Waals surface area contributed by atoms with Crippen molar-refractivity contribution >= 4 is 39.9 Å². The summed E-state index contributed by atoms with van der Waals surface area (Å²) >= 11 is 9.78. The molecule has 4 heteroatoms. The minimum atomic E-state index is 0.505. The van der Waals surface area contributed by atoms with E-state index in [1.165, 1.54) is 35.2 Å². The van der Waals surface area contributed by atoms with E-state index in [1.807, 2.05) is 0 Å². The van der Waals surface area contributed by atoms with Gasteiger partial charge in [-0.15, -0.1) is 11.3 Å². The third-order valence-electron chi connectivity index (χ3n) is 3.43. The second kappa shape index (κ2) is 5.42. The Morgan fingerprint density at radius 1 is 1.56 bits per heavy atom. The van der Waals surface area contributed by atoms with E-state index in [0.29, 0.717) is 5.41 Å². The summed E-state index contributed by atoms with van der Waals surface area (Å²) in [5.74, 6) is 1.03. The third-order valence-corrected chi connectivity index (χ3v) is 5.65. The molecule has 0 spiro atoms. The summed E-state index contributed by atoms with van der Waals surface area (Å²) in [7, 11) is 2.22. The lowest BCUT2D eigenvalue weighted by Gasteiger charge is -2.43. The average Bonchev–Trinajstić information content (AvgIpc) is 2.57. The maximum atomic E-state index is 4.51. The van der Waals surface area contributed by atoms with Crippen molar-refractivity contribution in [3.63, 3.8) is 0 Å². The summed E-state index contributed by atoms with van der Waals surface area (Å²) in [5, 5.41) is 2.23. The minimum Gasteiger partial charge on any atom is -0.302 e. The van der Waals surface area contributed by atoms with Crippen LogP contribution in [0.15, 0.2) is 15.2 Å². The molecule has 0 amide bonds. The Morgan fingerprint density at radius 3 is 2.75 bits per heavy atom. The van der Waals surface area contributed by atoms with E-state index in [2.05, 4.69) is 52.0 Å². The number of hydrogen-bond acceptors (Lipinski definition) is 3. The van der Waals surface area contributed by atoms with E-state index >= 15 is 0 Å². The van der Waals surface area contributed by atoms with Crippen LogP contribution in [0, 0.1) is 5.41 Å². The highest BCUT2D eigenvalue weighted by atomic mass is 79.9. The number of rotatable bonds is 5. The normalized spacial score (nSPS) is 18.8. The number of thiophene rings is 1. The van der Waals surface area contributed by atoms with Crippen LogP contribution in [0.2, 0.25) is 0 Å². The zero-order chi connectivity index (χ0) is 11.6. The Bertz CT molecular complexity index is 341. The summed E-state index contributed by atoms with van der Waals surface area (Å²) in [5.41, 5.74) is 1.92. The number of nitrogens with zero attached hydrogens (tertiary/aromatic N) is 1. The molecule has 0 radical (unpaired) electrons. The first-order valence-corrected chi connectivity index (χ1v) is 7.96. The Morgan fingerprint density at radius 2 is 2.31 bits per heavy atom. The molecule has 1 saturated carbocycles. The van der Waals surface area contributed by atoms with Crippen LogP contribution in [0.1, 0.15) is 24.8 Å². The Labute approximate surface area is 116 Å². The van der Waals surface area contributed by atoms with Gasteiger partial charge in [-0.25, -0.2) is 0 Å². The maximum Gasteiger partial charge on any atom is 0.0701 e. The van der Waals surface area contributed by atoms with Crippen molar-refractivity contribution < 1.29 is 0 Å². The van der Waals surface area contributed by atoms with Crippen molar-refractivity contribution in [3.05, 3.63) is 20.8 Å². The Kier molecular flexibility index (Phi) is 4.38. The molecule has 0 aromatic carbocycles. The van der Waals surface area contributed by atoms with E-state index in [9.17, 15) is 0 Å². The minimum absolute atomic E-state index is 0.505. The molecule has 0 atom stereocenters. The fourth-order valence-electron chi connectivity index (χ4n) is 2.41. The molecule has 0 N–H and O–H groups in total. The predicted octanol–water partition coefficient (Wildman–Crippen LogP) is 4.04. The van der Waals surface area contributed by atoms with Crippen LogP contribution >= 0.6 is 39.9 Å². The first-order valence-electron chi connectivity index (χ1n) is 5.66. The van der Waals surface area contributed by atoms with Gasteiger partial charge in [0.2, 0.25) is 0 Å². The zero-order valence-electron chi connectivity index (χ0n) is 9.58. The van der Waals surface area contributed by atoms with Gasteiger partial charge in [-0.05, 0) is 64.0 Å². The summed E-state index contributed by atoms with van der Waals surface area (Å²) in [6.07, 6.45) is 4.10. The molecule has 16 heavy (non-hydrogen) atoms. The van der Waals surface area contributed by atoms with Crippen LogP contribution < -0.4 is 0 Å². The lowest BCUT2D eigenvalue weighted by atomic mass is 9.70. The van der Waals surface area contributed by atoms with Gasteiger partial charge >= 0.3 is 0 Å². The lowest BCUT2D eigenvalue weighted by molar-refractivity contribution is 0.102. The van der Waals surface area contributed by atoms with Crippen molar-refractivity contribution in [2.45, 2.75) is 25.8 Å². The second-order valence-corrected chi connectivity index (χ2v) is 7.55. The van der Waals surface area contributed by atoms with E-state index in [-0.39, 0.29) is 0 Å². The Balaban J connectivity index is 1.86. The fourth-order valence-corrected chi connectivity index (χ4v) is 4.03. The maximum absolute atomic E-state index is 4.51. The quantitative estimate of drug-likeness (QED) is 0.801. The van der Waals surface area contributed by atoms with Crippen molar-refractivity contribution in [1.82, 2.24) is 4.90 Å². The first-order chi connectivity index (χ1) is 7.63. The standard InChI is InChI=1S/C12H18BrNS2/c1-14(6-10-5-11(13)16-7-10)8-12(9-15)3-2-4-12/h5,7,15H,2-4,6,8-9H2,1H3. The van der Waals surface area contributed by atoms with Crippen molar-refractivity contribution in [2.24, 2.45) is 5.41 Å². The molecule has 1 aliphatic rings. The summed E-state index contributed by atoms with van der Waals surface area (Å²) in [6, 6.07) is 2.22. The van der Waals surface area contributed by atoms with Crippen LogP contribution in [0.5, 0.6) is 0 Å². The fraction of sp³-hybridized carbons (Fsp3) is 0.667. The van der Waals surface area contributed by atoms with Crippen molar-refractivity contribution in [1.29, 1.82) is 0 Å². The molecule has 0 bridgehead atoms. The van der Waals surface area contributed by atoms with Gasteiger partial charge in [0.25, 0.3) is 0 Å². The van der Waals surface area contributed by atoms with Gasteiger partial charge in [0, 0.05) is 13.1 Å². The molecule has 0 aliphatic heterocycles. The van der Waals surface area contributed by atoms with Gasteiger partial charge in [0.1, 0.15) is 0 Å². The zero-order valence-corrected chi connectivity index (χ0v) is 12.9. The molecule has 90 valence electrons. The summed E-state index contributed by atoms with van der Waals surface area (Å²) in [6.45, 7) is 2.24. The highest BCUT2D eigenvalue weighted by molar-refractivity contribution is 9.11. The first kappa shape index (κ1) is 12.9. The van der Waals surface area contributed by atoms with E-state index in [1.54, 1.807) is 11.3 Å². The van der Waals surface area contributed by atoms with Gasteiger partial charge in [-0.2, -0.15) is 12.6 Å². The topological polar surface area (TPSA) is 3.24 Å². The van der Waals surface area contributed by atoms with E-state index in [4.69, 9.17) is 0 Å². The number of hydrogen-bond donors (Lipinski definition) is 1. The van der Waals surface area contributed by atoms with Crippen LogP contribution in [0.4, 0.5) is 0 Å². The molecule has 1 nitrogen and oxygen atoms in total. The molecule has 1 fully saturated rings. The summed E-state index contributed by atoms with van der Waals surface area (Å²) < 4.78 is 1.23. The molecule has 1 aromatic heterocycles. The highest BCUT2D eigenvalue weighted by Gasteiger charge is 2.36. The third kappa shape index (κ3) is 3.03. The monoisotopic (exact) mass is 319 g/mol. The van der Waals surface area contributed by atoms with Gasteiger partial charge in [0.05, 0.1) is 3.79 Å². The number of halogens is 1. The SMILES string of the molecule is CN(Cc1csc(Br)c1)CC1(CS)CCC1. The predicted molar refractivity (Wildman–Crippen MR) is 78.5 cm³/mol. The lowest BCUT2D eigenvalue weighted by Crippen LogP contribution is -2.41. The second-order valence-electron chi connectivity index (χ2n) is 4.94. The van der Waals surface area contributed by atoms with Crippen LogP contribution in [0.3, 0.4) is 0 Å². The highest BCUT2D eigenvalue weighted by Crippen LogP contribution is 2.42. The van der Waals surface area contributed by atoms with Crippen LogP contribution in [0.25, 0.3) is 0 Å². The van der Waals surface area contributed by atoms with Crippen molar-refractivity contribution in [3.8, 4) is 0 Å². The van der Waals surface area contributed by atoms with E-state index in [0.717, 1.165) is 12.3 Å². The molecular weight excluding hydrogens is 302 g/mol. The van der Waals surface area contributed by atoms with Crippen molar-refractivity contribution in [2.75, 3.05) is 19.3 Å². The van der Waals surface area contributed by atoms with Crippen LogP contribution in [-0.2, 0) is 6.54 Å². The number of thiol groups is 1. The van der Waals surface area contributed by atoms with Crippen LogP contribution in [-0.4, -0.2) is 24.2 Å². The largest absolute Gasteiger partial charge is 0.302 e. The van der Waals surface area contributed by atoms with E-state index < -0.39 is 0 Å². The molecule has 2 rings (SSSR count).